The molecule has 20 heavy (non-hydrogen) atoms. The number of carbonyl (C=O) groups is 1. The van der Waals surface area contributed by atoms with Crippen LogP contribution in [0.3, 0.4) is 0 Å². The Bertz CT molecular complexity index is 615. The number of halogens is 1. The fourth-order valence-electron chi connectivity index (χ4n) is 1.52. The number of benzene rings is 1. The second kappa shape index (κ2) is 7.10. The van der Waals surface area contributed by atoms with Crippen molar-refractivity contribution in [1.82, 2.24) is 4.98 Å². The van der Waals surface area contributed by atoms with Crippen LogP contribution < -0.4 is 4.74 Å². The number of thiazole rings is 1. The zero-order valence-electron chi connectivity index (χ0n) is 10.6. The van der Waals surface area contributed by atoms with Crippen LogP contribution in [0.15, 0.2) is 32.4 Å². The topological polar surface area (TPSA) is 59.4 Å². The third kappa shape index (κ3) is 4.22. The first-order valence-corrected chi connectivity index (χ1v) is 8.35. The van der Waals surface area contributed by atoms with Gasteiger partial charge in [0.2, 0.25) is 0 Å². The molecule has 4 nitrogen and oxygen atoms in total. The van der Waals surface area contributed by atoms with Gasteiger partial charge in [0.05, 0.1) is 19.2 Å². The molecule has 1 aromatic heterocycles. The summed E-state index contributed by atoms with van der Waals surface area (Å²) in [6.07, 6.45) is -0.0279. The Hall–Kier alpha value is -1.05. The van der Waals surface area contributed by atoms with Crippen molar-refractivity contribution in [2.45, 2.75) is 16.5 Å². The molecular formula is C13H12BrNO3S2. The van der Waals surface area contributed by atoms with Crippen LogP contribution in [0.2, 0.25) is 0 Å². The molecule has 0 atom stereocenters. The quantitative estimate of drug-likeness (QED) is 0.779. The van der Waals surface area contributed by atoms with Crippen molar-refractivity contribution in [1.29, 1.82) is 0 Å². The minimum absolute atomic E-state index is 0.0279. The van der Waals surface area contributed by atoms with Gasteiger partial charge in [-0.1, -0.05) is 27.7 Å². The predicted octanol–water partition coefficient (Wildman–Crippen LogP) is 3.83. The van der Waals surface area contributed by atoms with E-state index in [4.69, 9.17) is 9.84 Å². The van der Waals surface area contributed by atoms with Crippen molar-refractivity contribution >= 4 is 45.0 Å². The Morgan fingerprint density at radius 3 is 3.05 bits per heavy atom. The summed E-state index contributed by atoms with van der Waals surface area (Å²) in [5.41, 5.74) is 1.72. The molecular weight excluding hydrogens is 362 g/mol. The zero-order valence-corrected chi connectivity index (χ0v) is 13.8. The van der Waals surface area contributed by atoms with Gasteiger partial charge in [-0.25, -0.2) is 4.98 Å². The molecule has 0 amide bonds. The summed E-state index contributed by atoms with van der Waals surface area (Å²) in [4.78, 5) is 14.9. The smallest absolute Gasteiger partial charge is 0.309 e. The van der Waals surface area contributed by atoms with E-state index in [0.29, 0.717) is 5.69 Å². The minimum atomic E-state index is -0.859. The number of methoxy groups -OCH3 is 1. The van der Waals surface area contributed by atoms with Gasteiger partial charge >= 0.3 is 5.97 Å². The molecule has 0 fully saturated rings. The Morgan fingerprint density at radius 1 is 1.55 bits per heavy atom. The third-order valence-corrected chi connectivity index (χ3v) is 5.36. The van der Waals surface area contributed by atoms with Crippen LogP contribution in [0.1, 0.15) is 11.3 Å². The highest BCUT2D eigenvalue weighted by molar-refractivity contribution is 9.10. The monoisotopic (exact) mass is 373 g/mol. The first-order chi connectivity index (χ1) is 9.58. The lowest BCUT2D eigenvalue weighted by molar-refractivity contribution is -0.136. The van der Waals surface area contributed by atoms with Crippen LogP contribution >= 0.6 is 39.0 Å². The normalized spacial score (nSPS) is 10.5. The number of aromatic nitrogens is 1. The van der Waals surface area contributed by atoms with Crippen LogP contribution in [-0.4, -0.2) is 23.2 Å². The summed E-state index contributed by atoms with van der Waals surface area (Å²) in [5.74, 6) is 0.703. The molecule has 2 aromatic rings. The van der Waals surface area contributed by atoms with Crippen molar-refractivity contribution in [3.63, 3.8) is 0 Å². The van der Waals surface area contributed by atoms with E-state index >= 15 is 0 Å². The fourth-order valence-corrected chi connectivity index (χ4v) is 3.93. The van der Waals surface area contributed by atoms with E-state index < -0.39 is 5.97 Å². The molecule has 106 valence electrons. The first-order valence-electron chi connectivity index (χ1n) is 5.70. The van der Waals surface area contributed by atoms with E-state index in [9.17, 15) is 4.79 Å². The summed E-state index contributed by atoms with van der Waals surface area (Å²) >= 11 is 6.56. The number of thioether (sulfide) groups is 1. The average Bonchev–Trinajstić information content (AvgIpc) is 2.84. The number of aliphatic carboxylic acids is 1. The zero-order chi connectivity index (χ0) is 14.5. The van der Waals surface area contributed by atoms with Gasteiger partial charge < -0.3 is 9.84 Å². The predicted molar refractivity (Wildman–Crippen MR) is 83.7 cm³/mol. The molecule has 0 radical (unpaired) electrons. The molecule has 0 aliphatic heterocycles. The summed E-state index contributed by atoms with van der Waals surface area (Å²) in [6, 6.07) is 5.82. The Balaban J connectivity index is 2.01. The maximum Gasteiger partial charge on any atom is 0.309 e. The van der Waals surface area contributed by atoms with Crippen molar-refractivity contribution in [2.24, 2.45) is 0 Å². The van der Waals surface area contributed by atoms with Gasteiger partial charge in [0.15, 0.2) is 0 Å². The molecule has 0 aliphatic rings. The van der Waals surface area contributed by atoms with Crippen molar-refractivity contribution < 1.29 is 14.6 Å². The van der Waals surface area contributed by atoms with E-state index in [-0.39, 0.29) is 6.42 Å². The second-order valence-corrected chi connectivity index (χ2v) is 6.86. The van der Waals surface area contributed by atoms with E-state index in [2.05, 4.69) is 20.9 Å². The first kappa shape index (κ1) is 15.3. The molecule has 0 bridgehead atoms. The van der Waals surface area contributed by atoms with Gasteiger partial charge in [0.25, 0.3) is 0 Å². The van der Waals surface area contributed by atoms with Gasteiger partial charge in [-0.15, -0.1) is 11.3 Å². The van der Waals surface area contributed by atoms with Gasteiger partial charge in [-0.05, 0) is 23.8 Å². The van der Waals surface area contributed by atoms with Crippen molar-refractivity contribution in [2.75, 3.05) is 7.11 Å². The largest absolute Gasteiger partial charge is 0.497 e. The van der Waals surface area contributed by atoms with Gasteiger partial charge in [-0.3, -0.25) is 4.79 Å². The standard InChI is InChI=1S/C13H12BrNO3S2/c1-18-10-2-3-11(14)8(4-10)6-19-13-15-9(7-20-13)5-12(16)17/h2-4,7H,5-6H2,1H3,(H,16,17). The average molecular weight is 374 g/mol. The number of ether oxygens (including phenoxy) is 1. The molecule has 0 spiro atoms. The number of hydrogen-bond acceptors (Lipinski definition) is 5. The summed E-state index contributed by atoms with van der Waals surface area (Å²) in [7, 11) is 1.64. The van der Waals surface area contributed by atoms with E-state index in [0.717, 1.165) is 25.9 Å². The summed E-state index contributed by atoms with van der Waals surface area (Å²) < 4.78 is 7.09. The van der Waals surface area contributed by atoms with Crippen LogP contribution in [-0.2, 0) is 17.0 Å². The Morgan fingerprint density at radius 2 is 2.35 bits per heavy atom. The number of hydrogen-bond donors (Lipinski definition) is 1. The van der Waals surface area contributed by atoms with E-state index in [1.54, 1.807) is 24.3 Å². The molecule has 2 rings (SSSR count). The highest BCUT2D eigenvalue weighted by Crippen LogP contribution is 2.31. The lowest BCUT2D eigenvalue weighted by atomic mass is 10.2. The van der Waals surface area contributed by atoms with Crippen LogP contribution in [0.4, 0.5) is 0 Å². The SMILES string of the molecule is COc1ccc(Br)c(CSc2nc(CC(=O)O)cs2)c1. The second-order valence-electron chi connectivity index (χ2n) is 3.92. The maximum atomic E-state index is 10.6. The van der Waals surface area contributed by atoms with E-state index in [1.165, 1.54) is 11.3 Å². The highest BCUT2D eigenvalue weighted by Gasteiger charge is 2.08. The molecule has 1 N–H and O–H groups in total. The number of carboxylic acids is 1. The summed E-state index contributed by atoms with van der Waals surface area (Å²) in [6.45, 7) is 0. The maximum absolute atomic E-state index is 10.6. The fraction of sp³-hybridized carbons (Fsp3) is 0.231. The highest BCUT2D eigenvalue weighted by atomic mass is 79.9. The van der Waals surface area contributed by atoms with Crippen LogP contribution in [0.25, 0.3) is 0 Å². The van der Waals surface area contributed by atoms with Gasteiger partial charge in [0, 0.05) is 15.6 Å². The van der Waals surface area contributed by atoms with Crippen LogP contribution in [0.5, 0.6) is 5.75 Å². The lowest BCUT2D eigenvalue weighted by Crippen LogP contribution is -1.99. The Labute approximate surface area is 133 Å². The molecule has 0 unspecified atom stereocenters. The van der Waals surface area contributed by atoms with Crippen LogP contribution in [0, 0.1) is 0 Å². The van der Waals surface area contributed by atoms with Crippen molar-refractivity contribution in [3.05, 3.63) is 39.3 Å². The molecule has 7 heteroatoms. The third-order valence-electron chi connectivity index (χ3n) is 2.47. The molecule has 0 saturated carbocycles. The molecule has 0 aliphatic carbocycles. The number of carboxylic acid groups (broad SMARTS) is 1. The molecule has 1 aromatic carbocycles. The molecule has 0 saturated heterocycles. The van der Waals surface area contributed by atoms with Crippen molar-refractivity contribution in [3.8, 4) is 5.75 Å². The van der Waals surface area contributed by atoms with Gasteiger partial charge in [-0.2, -0.15) is 0 Å². The van der Waals surface area contributed by atoms with E-state index in [1.807, 2.05) is 18.2 Å². The van der Waals surface area contributed by atoms with Gasteiger partial charge in [0.1, 0.15) is 10.1 Å². The minimum Gasteiger partial charge on any atom is -0.497 e. The summed E-state index contributed by atoms with van der Waals surface area (Å²) in [5, 5.41) is 10.5. The lowest BCUT2D eigenvalue weighted by Gasteiger charge is -2.06. The number of rotatable bonds is 6. The Kier molecular flexibility index (Phi) is 5.45. The molecule has 1 heterocycles. The number of nitrogens with zero attached hydrogens (tertiary/aromatic N) is 1.